The van der Waals surface area contributed by atoms with E-state index in [2.05, 4.69) is 5.32 Å². The van der Waals surface area contributed by atoms with Crippen LogP contribution >= 0.6 is 0 Å². The van der Waals surface area contributed by atoms with Crippen molar-refractivity contribution in [2.45, 2.75) is 32.8 Å². The van der Waals surface area contributed by atoms with E-state index in [0.29, 0.717) is 25.6 Å². The van der Waals surface area contributed by atoms with Gasteiger partial charge in [-0.3, -0.25) is 0 Å². The summed E-state index contributed by atoms with van der Waals surface area (Å²) >= 11 is 0. The highest BCUT2D eigenvalue weighted by molar-refractivity contribution is 7.89. The van der Waals surface area contributed by atoms with Crippen molar-refractivity contribution in [2.24, 2.45) is 5.92 Å². The summed E-state index contributed by atoms with van der Waals surface area (Å²) in [6.07, 6.45) is 2.08. The van der Waals surface area contributed by atoms with Crippen molar-refractivity contribution in [2.75, 3.05) is 52.3 Å². The van der Waals surface area contributed by atoms with Gasteiger partial charge in [0.15, 0.2) is 0 Å². The number of nitrogens with zero attached hydrogens (tertiary/aromatic N) is 1. The Kier molecular flexibility index (Phi) is 8.73. The predicted molar refractivity (Wildman–Crippen MR) is 83.9 cm³/mol. The number of sulfonamides is 1. The number of ether oxygens (including phenoxy) is 2. The van der Waals surface area contributed by atoms with E-state index in [0.717, 1.165) is 25.9 Å². The molecule has 1 N–H and O–H groups in total. The van der Waals surface area contributed by atoms with Gasteiger partial charge in [0.2, 0.25) is 10.0 Å². The maximum absolute atomic E-state index is 12.3. The Labute approximate surface area is 129 Å². The molecular formula is C14H30N2O4S. The van der Waals surface area contributed by atoms with Crippen LogP contribution in [-0.4, -0.2) is 71.1 Å². The first-order chi connectivity index (χ1) is 9.95. The first-order valence-electron chi connectivity index (χ1n) is 7.74. The second-order valence-electron chi connectivity index (χ2n) is 5.80. The van der Waals surface area contributed by atoms with Gasteiger partial charge in [0.05, 0.1) is 25.1 Å². The quantitative estimate of drug-likeness (QED) is 0.599. The van der Waals surface area contributed by atoms with Crippen molar-refractivity contribution in [1.82, 2.24) is 9.62 Å². The Morgan fingerprint density at radius 1 is 1.33 bits per heavy atom. The number of piperidine rings is 1. The molecule has 1 heterocycles. The smallest absolute Gasteiger partial charge is 0.216 e. The molecule has 1 aliphatic rings. The van der Waals surface area contributed by atoms with Gasteiger partial charge in [-0.05, 0) is 39.2 Å². The summed E-state index contributed by atoms with van der Waals surface area (Å²) in [5.41, 5.74) is 0. The third-order valence-corrected chi connectivity index (χ3v) is 5.38. The van der Waals surface area contributed by atoms with E-state index in [9.17, 15) is 8.42 Å². The Hall–Kier alpha value is -0.210. The molecule has 0 aromatic carbocycles. The van der Waals surface area contributed by atoms with Crippen LogP contribution < -0.4 is 5.32 Å². The summed E-state index contributed by atoms with van der Waals surface area (Å²) in [6, 6.07) is 0. The number of hydrogen-bond acceptors (Lipinski definition) is 5. The molecule has 0 bridgehead atoms. The Morgan fingerprint density at radius 3 is 2.76 bits per heavy atom. The molecule has 0 spiro atoms. The molecule has 0 aromatic rings. The van der Waals surface area contributed by atoms with Gasteiger partial charge in [-0.1, -0.05) is 0 Å². The molecule has 1 unspecified atom stereocenters. The molecular weight excluding hydrogens is 292 g/mol. The predicted octanol–water partition coefficient (Wildman–Crippen LogP) is 0.689. The van der Waals surface area contributed by atoms with Crippen LogP contribution in [0.5, 0.6) is 0 Å². The van der Waals surface area contributed by atoms with Gasteiger partial charge in [0.1, 0.15) is 0 Å². The first kappa shape index (κ1) is 18.8. The zero-order chi connectivity index (χ0) is 15.7. The van der Waals surface area contributed by atoms with Gasteiger partial charge in [-0.15, -0.1) is 0 Å². The maximum Gasteiger partial charge on any atom is 0.216 e. The standard InChI is InChI=1S/C14H30N2O4S/c1-13(2)20-9-10-21(17,18)16-7-4-5-14(12-16)11-15-6-8-19-3/h13-15H,4-12H2,1-3H3. The third kappa shape index (κ3) is 7.56. The average molecular weight is 322 g/mol. The molecule has 126 valence electrons. The van der Waals surface area contributed by atoms with E-state index >= 15 is 0 Å². The molecule has 1 atom stereocenters. The highest BCUT2D eigenvalue weighted by Crippen LogP contribution is 2.19. The van der Waals surface area contributed by atoms with Crippen LogP contribution in [0.3, 0.4) is 0 Å². The van der Waals surface area contributed by atoms with Crippen LogP contribution in [0.1, 0.15) is 26.7 Å². The summed E-state index contributed by atoms with van der Waals surface area (Å²) in [7, 11) is -1.51. The summed E-state index contributed by atoms with van der Waals surface area (Å²) in [5.74, 6) is 0.464. The summed E-state index contributed by atoms with van der Waals surface area (Å²) in [6.45, 7) is 7.68. The summed E-state index contributed by atoms with van der Waals surface area (Å²) in [4.78, 5) is 0. The van der Waals surface area contributed by atoms with Crippen molar-refractivity contribution in [3.05, 3.63) is 0 Å². The number of hydrogen-bond donors (Lipinski definition) is 1. The van der Waals surface area contributed by atoms with Crippen LogP contribution in [0.15, 0.2) is 0 Å². The van der Waals surface area contributed by atoms with E-state index in [1.54, 1.807) is 11.4 Å². The molecule has 21 heavy (non-hydrogen) atoms. The lowest BCUT2D eigenvalue weighted by Crippen LogP contribution is -2.44. The third-order valence-electron chi connectivity index (χ3n) is 3.58. The van der Waals surface area contributed by atoms with Crippen molar-refractivity contribution in [3.63, 3.8) is 0 Å². The number of rotatable bonds is 10. The van der Waals surface area contributed by atoms with Crippen molar-refractivity contribution < 1.29 is 17.9 Å². The van der Waals surface area contributed by atoms with E-state index < -0.39 is 10.0 Å². The van der Waals surface area contributed by atoms with E-state index in [1.165, 1.54) is 0 Å². The monoisotopic (exact) mass is 322 g/mol. The van der Waals surface area contributed by atoms with Crippen molar-refractivity contribution in [3.8, 4) is 0 Å². The van der Waals surface area contributed by atoms with Gasteiger partial charge in [-0.2, -0.15) is 0 Å². The zero-order valence-corrected chi connectivity index (χ0v) is 14.3. The normalized spacial score (nSPS) is 21.0. The fraction of sp³-hybridized carbons (Fsp3) is 1.00. The van der Waals surface area contributed by atoms with Crippen LogP contribution in [0.25, 0.3) is 0 Å². The summed E-state index contributed by atoms with van der Waals surface area (Å²) in [5, 5.41) is 3.31. The van der Waals surface area contributed by atoms with E-state index in [1.807, 2.05) is 13.8 Å². The van der Waals surface area contributed by atoms with E-state index in [-0.39, 0.29) is 18.5 Å². The van der Waals surface area contributed by atoms with Gasteiger partial charge in [0, 0.05) is 26.7 Å². The minimum Gasteiger partial charge on any atom is -0.383 e. The average Bonchev–Trinajstić information content (AvgIpc) is 2.43. The lowest BCUT2D eigenvalue weighted by atomic mass is 10.00. The van der Waals surface area contributed by atoms with Crippen LogP contribution in [0.2, 0.25) is 0 Å². The zero-order valence-electron chi connectivity index (χ0n) is 13.5. The molecule has 0 aliphatic carbocycles. The fourth-order valence-corrected chi connectivity index (χ4v) is 3.86. The number of methoxy groups -OCH3 is 1. The topological polar surface area (TPSA) is 67.9 Å². The largest absolute Gasteiger partial charge is 0.383 e. The fourth-order valence-electron chi connectivity index (χ4n) is 2.44. The van der Waals surface area contributed by atoms with Crippen LogP contribution in [0, 0.1) is 5.92 Å². The molecule has 7 heteroatoms. The second-order valence-corrected chi connectivity index (χ2v) is 7.89. The number of nitrogens with one attached hydrogen (secondary N) is 1. The molecule has 6 nitrogen and oxygen atoms in total. The summed E-state index contributed by atoms with van der Waals surface area (Å²) < 4.78 is 36.6. The second kappa shape index (κ2) is 9.74. The lowest BCUT2D eigenvalue weighted by Gasteiger charge is -2.32. The molecule has 0 amide bonds. The minimum absolute atomic E-state index is 0.0688. The molecule has 0 radical (unpaired) electrons. The molecule has 1 saturated heterocycles. The maximum atomic E-state index is 12.3. The van der Waals surface area contributed by atoms with Gasteiger partial charge in [-0.25, -0.2) is 12.7 Å². The van der Waals surface area contributed by atoms with Gasteiger partial charge < -0.3 is 14.8 Å². The van der Waals surface area contributed by atoms with Gasteiger partial charge >= 0.3 is 0 Å². The van der Waals surface area contributed by atoms with Crippen LogP contribution in [-0.2, 0) is 19.5 Å². The van der Waals surface area contributed by atoms with Gasteiger partial charge in [0.25, 0.3) is 0 Å². The van der Waals surface area contributed by atoms with E-state index in [4.69, 9.17) is 9.47 Å². The minimum atomic E-state index is -3.19. The molecule has 0 saturated carbocycles. The Balaban J connectivity index is 2.36. The molecule has 1 rings (SSSR count). The highest BCUT2D eigenvalue weighted by atomic mass is 32.2. The first-order valence-corrected chi connectivity index (χ1v) is 9.35. The molecule has 0 aromatic heterocycles. The molecule has 1 fully saturated rings. The highest BCUT2D eigenvalue weighted by Gasteiger charge is 2.28. The Bertz CT molecular complexity index is 373. The Morgan fingerprint density at radius 2 is 2.10 bits per heavy atom. The SMILES string of the molecule is COCCNCC1CCCN(S(=O)(=O)CCOC(C)C)C1. The van der Waals surface area contributed by atoms with Crippen molar-refractivity contribution >= 4 is 10.0 Å². The van der Waals surface area contributed by atoms with Crippen LogP contribution in [0.4, 0.5) is 0 Å². The van der Waals surface area contributed by atoms with Crippen molar-refractivity contribution in [1.29, 1.82) is 0 Å². The lowest BCUT2D eigenvalue weighted by molar-refractivity contribution is 0.0904. The molecule has 1 aliphatic heterocycles.